The number of aromatic nitrogens is 2. The van der Waals surface area contributed by atoms with Gasteiger partial charge in [0.2, 0.25) is 0 Å². The molecule has 1 aliphatic carbocycles. The van der Waals surface area contributed by atoms with Gasteiger partial charge < -0.3 is 10.6 Å². The van der Waals surface area contributed by atoms with E-state index in [1.165, 1.54) is 17.8 Å². The molecule has 1 aliphatic rings. The highest BCUT2D eigenvalue weighted by molar-refractivity contribution is 7.17. The van der Waals surface area contributed by atoms with Crippen LogP contribution in [0.1, 0.15) is 46.6 Å². The third-order valence-electron chi connectivity index (χ3n) is 5.26. The van der Waals surface area contributed by atoms with Crippen molar-refractivity contribution in [3.8, 4) is 0 Å². The highest BCUT2D eigenvalue weighted by Crippen LogP contribution is 2.30. The predicted molar refractivity (Wildman–Crippen MR) is 124 cm³/mol. The van der Waals surface area contributed by atoms with E-state index in [2.05, 4.69) is 26.7 Å². The third kappa shape index (κ3) is 6.33. The Bertz CT molecular complexity index is 1150. The summed E-state index contributed by atoms with van der Waals surface area (Å²) >= 11 is 7.00. The van der Waals surface area contributed by atoms with Gasteiger partial charge in [-0.05, 0) is 55.5 Å². The molecular formula is C23H20ClF3N4OS. The number of alkyl halides is 3. The summed E-state index contributed by atoms with van der Waals surface area (Å²) in [6.45, 7) is 0. The molecule has 2 N–H and O–H groups in total. The molecule has 1 amide bonds. The monoisotopic (exact) mass is 492 g/mol. The molecule has 1 aromatic carbocycles. The SMILES string of the molecule is O=C(NC1CCC(=Cc2cccc(Nc3ccc(C(F)(F)F)cn3)c2)CC1)c1ncc(Cl)s1. The minimum atomic E-state index is -4.41. The molecule has 4 rings (SSSR count). The molecule has 0 unspecified atom stereocenters. The number of carbonyl (C=O) groups excluding carboxylic acids is 1. The van der Waals surface area contributed by atoms with Crippen LogP contribution in [0, 0.1) is 0 Å². The quantitative estimate of drug-likeness (QED) is 0.415. The molecule has 0 bridgehead atoms. The van der Waals surface area contributed by atoms with Crippen molar-refractivity contribution in [3.63, 3.8) is 0 Å². The number of rotatable bonds is 5. The standard InChI is InChI=1S/C23H20ClF3N4OS/c24-19-13-29-22(33-19)21(32)31-17-7-4-14(5-8-17)10-15-2-1-3-18(11-15)30-20-9-6-16(12-28-20)23(25,26)27/h1-3,6,9-13,17H,4-5,7-8H2,(H,28,30)(H,31,32). The van der Waals surface area contributed by atoms with Crippen LogP contribution in [0.25, 0.3) is 6.08 Å². The van der Waals surface area contributed by atoms with E-state index in [4.69, 9.17) is 11.6 Å². The smallest absolute Gasteiger partial charge is 0.347 e. The summed E-state index contributed by atoms with van der Waals surface area (Å²) in [5.74, 6) is 0.144. The maximum absolute atomic E-state index is 12.7. The zero-order valence-electron chi connectivity index (χ0n) is 17.3. The van der Waals surface area contributed by atoms with Crippen LogP contribution >= 0.6 is 22.9 Å². The zero-order chi connectivity index (χ0) is 23.4. The summed E-state index contributed by atoms with van der Waals surface area (Å²) in [5, 5.41) is 6.42. The Morgan fingerprint density at radius 3 is 2.55 bits per heavy atom. The van der Waals surface area contributed by atoms with Crippen LogP contribution in [-0.2, 0) is 6.18 Å². The second-order valence-electron chi connectivity index (χ2n) is 7.70. The minimum Gasteiger partial charge on any atom is -0.347 e. The molecule has 0 saturated heterocycles. The lowest BCUT2D eigenvalue weighted by molar-refractivity contribution is -0.137. The Kier molecular flexibility index (Phi) is 6.99. The van der Waals surface area contributed by atoms with Crippen LogP contribution < -0.4 is 10.6 Å². The summed E-state index contributed by atoms with van der Waals surface area (Å²) in [6, 6.07) is 10.0. The number of nitrogens with one attached hydrogen (secondary N) is 2. The average Bonchev–Trinajstić information content (AvgIpc) is 3.22. The summed E-state index contributed by atoms with van der Waals surface area (Å²) in [4.78, 5) is 20.1. The molecule has 5 nitrogen and oxygen atoms in total. The molecule has 2 heterocycles. The molecule has 1 fully saturated rings. The van der Waals surface area contributed by atoms with Crippen molar-refractivity contribution in [1.82, 2.24) is 15.3 Å². The predicted octanol–water partition coefficient (Wildman–Crippen LogP) is 6.71. The number of allylic oxidation sites excluding steroid dienone is 1. The molecule has 0 aliphatic heterocycles. The zero-order valence-corrected chi connectivity index (χ0v) is 18.9. The van der Waals surface area contributed by atoms with Gasteiger partial charge in [0.15, 0.2) is 5.01 Å². The van der Waals surface area contributed by atoms with Gasteiger partial charge in [0.05, 0.1) is 11.8 Å². The van der Waals surface area contributed by atoms with Gasteiger partial charge in [0, 0.05) is 17.9 Å². The van der Waals surface area contributed by atoms with Crippen LogP contribution in [0.2, 0.25) is 4.34 Å². The lowest BCUT2D eigenvalue weighted by Crippen LogP contribution is -2.36. The molecule has 33 heavy (non-hydrogen) atoms. The van der Waals surface area contributed by atoms with E-state index in [9.17, 15) is 18.0 Å². The Labute approximate surface area is 197 Å². The Morgan fingerprint density at radius 1 is 1.12 bits per heavy atom. The number of hydrogen-bond acceptors (Lipinski definition) is 5. The molecule has 3 aromatic rings. The number of pyridine rings is 1. The maximum atomic E-state index is 12.7. The summed E-state index contributed by atoms with van der Waals surface area (Å²) in [6.07, 6.45) is 3.39. The number of benzene rings is 1. The molecule has 172 valence electrons. The first kappa shape index (κ1) is 23.3. The number of hydrogen-bond donors (Lipinski definition) is 2. The second kappa shape index (κ2) is 9.93. The van der Waals surface area contributed by atoms with Gasteiger partial charge >= 0.3 is 6.18 Å². The van der Waals surface area contributed by atoms with E-state index in [0.717, 1.165) is 60.5 Å². The minimum absolute atomic E-state index is 0.0936. The van der Waals surface area contributed by atoms with E-state index in [1.54, 1.807) is 0 Å². The fraction of sp³-hybridized carbons (Fsp3) is 0.261. The average molecular weight is 493 g/mol. The van der Waals surface area contributed by atoms with Gasteiger partial charge in [-0.15, -0.1) is 0 Å². The van der Waals surface area contributed by atoms with Crippen LogP contribution in [0.4, 0.5) is 24.7 Å². The molecule has 0 atom stereocenters. The van der Waals surface area contributed by atoms with E-state index >= 15 is 0 Å². The van der Waals surface area contributed by atoms with Crippen molar-refractivity contribution in [2.75, 3.05) is 5.32 Å². The molecular weight excluding hydrogens is 473 g/mol. The molecule has 0 radical (unpaired) electrons. The van der Waals surface area contributed by atoms with E-state index in [0.29, 0.717) is 15.2 Å². The normalized spacial score (nSPS) is 16.4. The first-order valence-electron chi connectivity index (χ1n) is 10.3. The van der Waals surface area contributed by atoms with E-state index in [1.807, 2.05) is 24.3 Å². The third-order valence-corrected chi connectivity index (χ3v) is 6.37. The van der Waals surface area contributed by atoms with Crippen LogP contribution in [0.5, 0.6) is 0 Å². The Balaban J connectivity index is 1.33. The van der Waals surface area contributed by atoms with Gasteiger partial charge in [-0.25, -0.2) is 9.97 Å². The highest BCUT2D eigenvalue weighted by Gasteiger charge is 2.30. The van der Waals surface area contributed by atoms with Gasteiger partial charge in [-0.3, -0.25) is 4.79 Å². The van der Waals surface area contributed by atoms with Crippen molar-refractivity contribution in [3.05, 3.63) is 74.8 Å². The van der Waals surface area contributed by atoms with E-state index < -0.39 is 11.7 Å². The second-order valence-corrected chi connectivity index (χ2v) is 9.36. The first-order chi connectivity index (χ1) is 15.8. The number of nitrogens with zero attached hydrogens (tertiary/aromatic N) is 2. The van der Waals surface area contributed by atoms with Crippen molar-refractivity contribution < 1.29 is 18.0 Å². The van der Waals surface area contributed by atoms with Crippen LogP contribution in [0.3, 0.4) is 0 Å². The Hall–Kier alpha value is -2.91. The fourth-order valence-electron chi connectivity index (χ4n) is 3.61. The van der Waals surface area contributed by atoms with E-state index in [-0.39, 0.29) is 11.9 Å². The Morgan fingerprint density at radius 2 is 1.91 bits per heavy atom. The lowest BCUT2D eigenvalue weighted by Gasteiger charge is -2.24. The molecule has 2 aromatic heterocycles. The summed E-state index contributed by atoms with van der Waals surface area (Å²) in [7, 11) is 0. The van der Waals surface area contributed by atoms with Crippen molar-refractivity contribution in [1.29, 1.82) is 0 Å². The van der Waals surface area contributed by atoms with Crippen LogP contribution in [0.15, 0.2) is 54.4 Å². The number of halogens is 4. The van der Waals surface area contributed by atoms with Gasteiger partial charge in [-0.1, -0.05) is 46.7 Å². The van der Waals surface area contributed by atoms with Crippen molar-refractivity contribution >= 4 is 46.4 Å². The van der Waals surface area contributed by atoms with Gasteiger partial charge in [0.25, 0.3) is 5.91 Å². The number of thiazole rings is 1. The molecule has 10 heteroatoms. The fourth-order valence-corrected chi connectivity index (χ4v) is 4.42. The molecule has 0 spiro atoms. The molecule has 1 saturated carbocycles. The topological polar surface area (TPSA) is 66.9 Å². The lowest BCUT2D eigenvalue weighted by atomic mass is 9.89. The summed E-state index contributed by atoms with van der Waals surface area (Å²) < 4.78 is 38.6. The number of amides is 1. The van der Waals surface area contributed by atoms with Gasteiger partial charge in [0.1, 0.15) is 10.2 Å². The largest absolute Gasteiger partial charge is 0.417 e. The number of anilines is 2. The summed E-state index contributed by atoms with van der Waals surface area (Å²) in [5.41, 5.74) is 2.22. The van der Waals surface area contributed by atoms with Crippen molar-refractivity contribution in [2.24, 2.45) is 0 Å². The van der Waals surface area contributed by atoms with Gasteiger partial charge in [-0.2, -0.15) is 13.2 Å². The van der Waals surface area contributed by atoms with Crippen LogP contribution in [-0.4, -0.2) is 21.9 Å². The first-order valence-corrected chi connectivity index (χ1v) is 11.5. The highest BCUT2D eigenvalue weighted by atomic mass is 35.5. The van der Waals surface area contributed by atoms with Crippen molar-refractivity contribution in [2.45, 2.75) is 37.9 Å². The maximum Gasteiger partial charge on any atom is 0.417 e. The number of carbonyl (C=O) groups is 1.